The van der Waals surface area contributed by atoms with Crippen LogP contribution in [-0.2, 0) is 0 Å². The van der Waals surface area contributed by atoms with E-state index in [1.165, 1.54) is 36.8 Å². The molecule has 1 aliphatic carbocycles. The van der Waals surface area contributed by atoms with Gasteiger partial charge >= 0.3 is 0 Å². The number of hydrogen-bond donors (Lipinski definition) is 2. The highest BCUT2D eigenvalue weighted by atomic mass is 16.5. The lowest BCUT2D eigenvalue weighted by Crippen LogP contribution is -2.40. The molecule has 3 heteroatoms. The van der Waals surface area contributed by atoms with E-state index in [0.29, 0.717) is 0 Å². The minimum Gasteiger partial charge on any atom is -0.496 e. The fraction of sp³-hybridized carbons (Fsp3) is 0.625. The molecule has 1 aromatic carbocycles. The largest absolute Gasteiger partial charge is 0.496 e. The van der Waals surface area contributed by atoms with Gasteiger partial charge in [-0.3, -0.25) is 11.3 Å². The number of aryl methyl sites for hydroxylation is 1. The molecular formula is C16H26N2O. The molecule has 0 radical (unpaired) electrons. The van der Waals surface area contributed by atoms with Crippen molar-refractivity contribution in [2.45, 2.75) is 52.0 Å². The molecule has 0 aromatic heterocycles. The third-order valence-electron chi connectivity index (χ3n) is 4.78. The van der Waals surface area contributed by atoms with Crippen molar-refractivity contribution in [2.75, 3.05) is 7.11 Å². The van der Waals surface area contributed by atoms with Gasteiger partial charge in [-0.15, -0.1) is 0 Å². The predicted octanol–water partition coefficient (Wildman–Crippen LogP) is 3.48. The van der Waals surface area contributed by atoms with Crippen LogP contribution in [0.15, 0.2) is 18.2 Å². The van der Waals surface area contributed by atoms with E-state index in [0.717, 1.165) is 12.2 Å². The molecule has 3 nitrogen and oxygen atoms in total. The average molecular weight is 262 g/mol. The van der Waals surface area contributed by atoms with E-state index in [-0.39, 0.29) is 11.5 Å². The summed E-state index contributed by atoms with van der Waals surface area (Å²) in [5.41, 5.74) is 5.80. The molecule has 1 unspecified atom stereocenters. The fourth-order valence-electron chi connectivity index (χ4n) is 3.60. The molecule has 0 bridgehead atoms. The number of rotatable bonds is 5. The lowest BCUT2D eigenvalue weighted by molar-refractivity contribution is 0.184. The highest BCUT2D eigenvalue weighted by Gasteiger charge is 2.41. The first-order chi connectivity index (χ1) is 9.16. The molecule has 1 aliphatic rings. The van der Waals surface area contributed by atoms with Crippen LogP contribution in [0, 0.1) is 12.3 Å². The Hall–Kier alpha value is -1.06. The molecule has 0 aliphatic heterocycles. The molecule has 0 amide bonds. The second-order valence-corrected chi connectivity index (χ2v) is 5.77. The van der Waals surface area contributed by atoms with E-state index in [1.807, 2.05) is 6.07 Å². The molecule has 0 heterocycles. The summed E-state index contributed by atoms with van der Waals surface area (Å²) in [6.45, 7) is 4.39. The van der Waals surface area contributed by atoms with Crippen LogP contribution >= 0.6 is 0 Å². The summed E-state index contributed by atoms with van der Waals surface area (Å²) < 4.78 is 5.54. The average Bonchev–Trinajstić information content (AvgIpc) is 2.90. The molecule has 2 rings (SSSR count). The van der Waals surface area contributed by atoms with Crippen molar-refractivity contribution < 1.29 is 4.74 Å². The normalized spacial score (nSPS) is 19.4. The molecule has 1 saturated carbocycles. The first-order valence-electron chi connectivity index (χ1n) is 7.27. The van der Waals surface area contributed by atoms with Gasteiger partial charge in [-0.05, 0) is 37.7 Å². The van der Waals surface area contributed by atoms with Crippen LogP contribution in [0.3, 0.4) is 0 Å². The van der Waals surface area contributed by atoms with Gasteiger partial charge in [0.25, 0.3) is 0 Å². The lowest BCUT2D eigenvalue weighted by atomic mass is 9.73. The van der Waals surface area contributed by atoms with Gasteiger partial charge in [-0.1, -0.05) is 37.5 Å². The van der Waals surface area contributed by atoms with Crippen LogP contribution in [0.1, 0.15) is 56.2 Å². The van der Waals surface area contributed by atoms with Gasteiger partial charge < -0.3 is 4.74 Å². The van der Waals surface area contributed by atoms with Crippen LogP contribution < -0.4 is 16.0 Å². The zero-order valence-corrected chi connectivity index (χ0v) is 12.3. The monoisotopic (exact) mass is 262 g/mol. The fourth-order valence-corrected chi connectivity index (χ4v) is 3.60. The summed E-state index contributed by atoms with van der Waals surface area (Å²) in [4.78, 5) is 0. The maximum absolute atomic E-state index is 5.91. The van der Waals surface area contributed by atoms with Crippen molar-refractivity contribution in [1.82, 2.24) is 5.43 Å². The Balaban J connectivity index is 2.43. The standard InChI is InChI=1S/C16H26N2O/c1-4-16(9-5-6-10-16)15(18-17)13-11-12(2)7-8-14(13)19-3/h7-8,11,15,18H,4-6,9-10,17H2,1-3H3. The highest BCUT2D eigenvalue weighted by Crippen LogP contribution is 2.51. The van der Waals surface area contributed by atoms with Gasteiger partial charge in [-0.2, -0.15) is 0 Å². The second-order valence-electron chi connectivity index (χ2n) is 5.77. The van der Waals surface area contributed by atoms with Crippen LogP contribution in [-0.4, -0.2) is 7.11 Å². The molecule has 1 fully saturated rings. The van der Waals surface area contributed by atoms with Gasteiger partial charge in [0, 0.05) is 5.56 Å². The van der Waals surface area contributed by atoms with Gasteiger partial charge in [0.1, 0.15) is 5.75 Å². The molecule has 1 atom stereocenters. The summed E-state index contributed by atoms with van der Waals surface area (Å²) >= 11 is 0. The van der Waals surface area contributed by atoms with Crippen molar-refractivity contribution in [3.05, 3.63) is 29.3 Å². The number of ether oxygens (including phenoxy) is 1. The molecule has 0 saturated heterocycles. The first-order valence-corrected chi connectivity index (χ1v) is 7.27. The van der Waals surface area contributed by atoms with E-state index in [4.69, 9.17) is 10.6 Å². The zero-order valence-electron chi connectivity index (χ0n) is 12.3. The molecule has 106 valence electrons. The minimum atomic E-state index is 0.176. The van der Waals surface area contributed by atoms with Gasteiger partial charge in [0.15, 0.2) is 0 Å². The van der Waals surface area contributed by atoms with E-state index >= 15 is 0 Å². The smallest absolute Gasteiger partial charge is 0.123 e. The van der Waals surface area contributed by atoms with Gasteiger partial charge in [-0.25, -0.2) is 0 Å². The van der Waals surface area contributed by atoms with Crippen LogP contribution in [0.2, 0.25) is 0 Å². The second kappa shape index (κ2) is 5.93. The summed E-state index contributed by atoms with van der Waals surface area (Å²) in [6, 6.07) is 6.52. The topological polar surface area (TPSA) is 47.3 Å². The maximum Gasteiger partial charge on any atom is 0.123 e. The number of nitrogens with one attached hydrogen (secondary N) is 1. The van der Waals surface area contributed by atoms with Gasteiger partial charge in [0.05, 0.1) is 13.2 Å². The minimum absolute atomic E-state index is 0.176. The number of hydrazine groups is 1. The third kappa shape index (κ3) is 2.63. The molecule has 0 spiro atoms. The summed E-state index contributed by atoms with van der Waals surface area (Å²) in [5, 5.41) is 0. The predicted molar refractivity (Wildman–Crippen MR) is 79.0 cm³/mol. The number of hydrogen-bond acceptors (Lipinski definition) is 3. The number of nitrogens with two attached hydrogens (primary N) is 1. The van der Waals surface area contributed by atoms with Crippen LogP contribution in [0.25, 0.3) is 0 Å². The van der Waals surface area contributed by atoms with Crippen LogP contribution in [0.4, 0.5) is 0 Å². The number of benzene rings is 1. The summed E-state index contributed by atoms with van der Waals surface area (Å²) in [6.07, 6.45) is 6.25. The first kappa shape index (κ1) is 14.4. The van der Waals surface area contributed by atoms with E-state index < -0.39 is 0 Å². The summed E-state index contributed by atoms with van der Waals surface area (Å²) in [7, 11) is 1.73. The summed E-state index contributed by atoms with van der Waals surface area (Å²) in [5.74, 6) is 6.85. The Morgan fingerprint density at radius 3 is 2.58 bits per heavy atom. The zero-order chi connectivity index (χ0) is 13.9. The molecule has 3 N–H and O–H groups in total. The van der Waals surface area contributed by atoms with E-state index in [1.54, 1.807) is 7.11 Å². The Morgan fingerprint density at radius 1 is 1.37 bits per heavy atom. The van der Waals surface area contributed by atoms with Crippen LogP contribution in [0.5, 0.6) is 5.75 Å². The lowest BCUT2D eigenvalue weighted by Gasteiger charge is -2.37. The molecular weight excluding hydrogens is 236 g/mol. The third-order valence-corrected chi connectivity index (χ3v) is 4.78. The maximum atomic E-state index is 5.91. The Bertz CT molecular complexity index is 425. The Kier molecular flexibility index (Phi) is 4.48. The van der Waals surface area contributed by atoms with Crippen molar-refractivity contribution in [2.24, 2.45) is 11.3 Å². The van der Waals surface area contributed by atoms with Crippen molar-refractivity contribution in [3.8, 4) is 5.75 Å². The van der Waals surface area contributed by atoms with Crippen molar-refractivity contribution >= 4 is 0 Å². The van der Waals surface area contributed by atoms with E-state index in [9.17, 15) is 0 Å². The van der Waals surface area contributed by atoms with Gasteiger partial charge in [0.2, 0.25) is 0 Å². The molecule has 1 aromatic rings. The molecule has 19 heavy (non-hydrogen) atoms. The van der Waals surface area contributed by atoms with E-state index in [2.05, 4.69) is 31.4 Å². The Labute approximate surface area is 116 Å². The number of methoxy groups -OCH3 is 1. The van der Waals surface area contributed by atoms with Crippen molar-refractivity contribution in [1.29, 1.82) is 0 Å². The Morgan fingerprint density at radius 2 is 2.05 bits per heavy atom. The highest BCUT2D eigenvalue weighted by molar-refractivity contribution is 5.40. The SMILES string of the molecule is CCC1(C(NN)c2cc(C)ccc2OC)CCCC1. The van der Waals surface area contributed by atoms with Crippen molar-refractivity contribution in [3.63, 3.8) is 0 Å². The quantitative estimate of drug-likeness (QED) is 0.631.